The van der Waals surface area contributed by atoms with E-state index in [1.54, 1.807) is 16.7 Å². The smallest absolute Gasteiger partial charge is 0.266 e. The molecule has 5 heteroatoms. The number of thioether (sulfide) groups is 1. The van der Waals surface area contributed by atoms with Crippen molar-refractivity contribution in [1.29, 1.82) is 0 Å². The van der Waals surface area contributed by atoms with Crippen molar-refractivity contribution in [2.75, 3.05) is 0 Å². The first-order chi connectivity index (χ1) is 13.0. The van der Waals surface area contributed by atoms with Gasteiger partial charge in [0.25, 0.3) is 5.91 Å². The fourth-order valence-corrected chi connectivity index (χ4v) is 4.86. The van der Waals surface area contributed by atoms with Gasteiger partial charge in [0.1, 0.15) is 0 Å². The van der Waals surface area contributed by atoms with Crippen LogP contribution in [0.1, 0.15) is 33.3 Å². The zero-order valence-corrected chi connectivity index (χ0v) is 17.7. The number of carbonyl (C=O) groups excluding carboxylic acids is 1. The lowest BCUT2D eigenvalue weighted by atomic mass is 10.2. The highest BCUT2D eigenvalue weighted by Gasteiger charge is 2.35. The van der Waals surface area contributed by atoms with E-state index in [1.165, 1.54) is 16.7 Å². The van der Waals surface area contributed by atoms with Crippen LogP contribution in [-0.2, 0) is 4.79 Å². The quantitative estimate of drug-likeness (QED) is 0.588. The molecule has 0 unspecified atom stereocenters. The second-order valence-corrected chi connectivity index (χ2v) is 8.96. The molecular weight excluding hydrogens is 372 g/mol. The largest absolute Gasteiger partial charge is 0.284 e. The van der Waals surface area contributed by atoms with Crippen molar-refractivity contribution < 1.29 is 4.79 Å². The Balaban J connectivity index is 1.94. The fraction of sp³-hybridized carbons (Fsp3) is 0.273. The Kier molecular flexibility index (Phi) is 6.45. The first-order valence-electron chi connectivity index (χ1n) is 9.08. The number of amides is 1. The maximum atomic E-state index is 13.0. The molecule has 1 amide bonds. The number of carbonyl (C=O) groups is 1. The van der Waals surface area contributed by atoms with E-state index in [0.29, 0.717) is 0 Å². The van der Waals surface area contributed by atoms with Crippen molar-refractivity contribution in [3.8, 4) is 0 Å². The molecule has 140 valence electrons. The molecule has 3 nitrogen and oxygen atoms in total. The van der Waals surface area contributed by atoms with Crippen molar-refractivity contribution in [2.45, 2.75) is 49.6 Å². The number of benzene rings is 2. The van der Waals surface area contributed by atoms with Crippen LogP contribution in [0.5, 0.6) is 0 Å². The minimum atomic E-state index is 0.0360. The third kappa shape index (κ3) is 4.85. The highest BCUT2D eigenvalue weighted by Crippen LogP contribution is 2.37. The molecule has 1 heterocycles. The minimum absolute atomic E-state index is 0.0360. The van der Waals surface area contributed by atoms with Crippen molar-refractivity contribution in [1.82, 2.24) is 4.90 Å². The molecule has 1 aliphatic rings. The normalized spacial score (nSPS) is 17.7. The topological polar surface area (TPSA) is 32.7 Å². The Morgan fingerprint density at radius 2 is 1.67 bits per heavy atom. The third-order valence-electron chi connectivity index (χ3n) is 3.90. The van der Waals surface area contributed by atoms with Crippen LogP contribution in [0.3, 0.4) is 0 Å². The van der Waals surface area contributed by atoms with E-state index in [1.807, 2.05) is 64.1 Å². The summed E-state index contributed by atoms with van der Waals surface area (Å²) >= 11 is 3.18. The first kappa shape index (κ1) is 19.8. The van der Waals surface area contributed by atoms with Crippen LogP contribution in [0.4, 0.5) is 0 Å². The summed E-state index contributed by atoms with van der Waals surface area (Å²) in [5.41, 5.74) is 1.05. The van der Waals surface area contributed by atoms with E-state index in [9.17, 15) is 4.79 Å². The molecule has 2 aromatic rings. The zero-order valence-electron chi connectivity index (χ0n) is 16.0. The minimum Gasteiger partial charge on any atom is -0.284 e. The molecule has 1 saturated heterocycles. The summed E-state index contributed by atoms with van der Waals surface area (Å²) in [6.07, 6.45) is 2.00. The molecule has 0 aliphatic carbocycles. The predicted octanol–water partition coefficient (Wildman–Crippen LogP) is 5.93. The molecule has 0 atom stereocenters. The molecule has 0 radical (unpaired) electrons. The monoisotopic (exact) mass is 396 g/mol. The molecule has 0 bridgehead atoms. The van der Waals surface area contributed by atoms with Crippen molar-refractivity contribution in [3.63, 3.8) is 0 Å². The molecule has 0 N–H and O–H groups in total. The summed E-state index contributed by atoms with van der Waals surface area (Å²) in [4.78, 5) is 22.4. The van der Waals surface area contributed by atoms with Gasteiger partial charge in [-0.3, -0.25) is 14.7 Å². The van der Waals surface area contributed by atoms with E-state index >= 15 is 0 Å². The average Bonchev–Trinajstić information content (AvgIpc) is 2.92. The first-order valence-corrected chi connectivity index (χ1v) is 10.7. The molecule has 27 heavy (non-hydrogen) atoms. The highest BCUT2D eigenvalue weighted by molar-refractivity contribution is 8.18. The second-order valence-electron chi connectivity index (χ2n) is 6.84. The predicted molar refractivity (Wildman–Crippen MR) is 117 cm³/mol. The Labute approximate surface area is 170 Å². The van der Waals surface area contributed by atoms with Gasteiger partial charge in [-0.25, -0.2) is 0 Å². The zero-order chi connectivity index (χ0) is 19.4. The molecule has 1 aliphatic heterocycles. The average molecular weight is 397 g/mol. The number of amidine groups is 1. The Morgan fingerprint density at radius 3 is 2.33 bits per heavy atom. The van der Waals surface area contributed by atoms with Gasteiger partial charge in [-0.05, 0) is 69.3 Å². The van der Waals surface area contributed by atoms with Crippen molar-refractivity contribution in [2.24, 2.45) is 4.99 Å². The van der Waals surface area contributed by atoms with Crippen LogP contribution >= 0.6 is 23.5 Å². The summed E-state index contributed by atoms with van der Waals surface area (Å²) in [7, 11) is 0. The van der Waals surface area contributed by atoms with Gasteiger partial charge in [0.2, 0.25) is 0 Å². The fourth-order valence-electron chi connectivity index (χ4n) is 2.70. The van der Waals surface area contributed by atoms with Crippen molar-refractivity contribution >= 4 is 40.7 Å². The van der Waals surface area contributed by atoms with E-state index in [0.717, 1.165) is 20.5 Å². The third-order valence-corrected chi connectivity index (χ3v) is 6.00. The highest BCUT2D eigenvalue weighted by atomic mass is 32.2. The summed E-state index contributed by atoms with van der Waals surface area (Å²) in [6, 6.07) is 18.7. The molecule has 0 spiro atoms. The van der Waals surface area contributed by atoms with Gasteiger partial charge in [0, 0.05) is 21.9 Å². The lowest BCUT2D eigenvalue weighted by Crippen LogP contribution is -2.35. The molecule has 3 rings (SSSR count). The SMILES string of the molecule is CC(C)N=C1S/C(=C\c2ccccc2Sc2ccccc2)C(=O)N1C(C)C. The van der Waals surface area contributed by atoms with Gasteiger partial charge < -0.3 is 0 Å². The van der Waals surface area contributed by atoms with Gasteiger partial charge in [-0.2, -0.15) is 0 Å². The maximum absolute atomic E-state index is 13.0. The van der Waals surface area contributed by atoms with E-state index in [-0.39, 0.29) is 18.0 Å². The van der Waals surface area contributed by atoms with Crippen LogP contribution in [0, 0.1) is 0 Å². The number of hydrogen-bond acceptors (Lipinski definition) is 4. The van der Waals surface area contributed by atoms with Crippen LogP contribution in [0.25, 0.3) is 6.08 Å². The number of hydrogen-bond donors (Lipinski definition) is 0. The molecular formula is C22H24N2OS2. The van der Waals surface area contributed by atoms with Crippen molar-refractivity contribution in [3.05, 3.63) is 65.1 Å². The van der Waals surface area contributed by atoms with Crippen LogP contribution in [0.2, 0.25) is 0 Å². The number of aliphatic imine (C=N–C) groups is 1. The van der Waals surface area contributed by atoms with Gasteiger partial charge in [-0.1, -0.05) is 48.2 Å². The molecule has 2 aromatic carbocycles. The van der Waals surface area contributed by atoms with Crippen LogP contribution in [0.15, 0.2) is 74.3 Å². The van der Waals surface area contributed by atoms with Gasteiger partial charge >= 0.3 is 0 Å². The molecule has 0 aromatic heterocycles. The number of rotatable bonds is 5. The van der Waals surface area contributed by atoms with E-state index in [2.05, 4.69) is 29.3 Å². The second kappa shape index (κ2) is 8.81. The number of nitrogens with zero attached hydrogens (tertiary/aromatic N) is 2. The Bertz CT molecular complexity index is 873. The maximum Gasteiger partial charge on any atom is 0.266 e. The van der Waals surface area contributed by atoms with Crippen LogP contribution in [-0.4, -0.2) is 28.1 Å². The molecule has 0 saturated carbocycles. The summed E-state index contributed by atoms with van der Waals surface area (Å²) in [6.45, 7) is 8.11. The summed E-state index contributed by atoms with van der Waals surface area (Å²) in [5.74, 6) is 0.0360. The molecule has 1 fully saturated rings. The summed E-state index contributed by atoms with van der Waals surface area (Å²) in [5, 5.41) is 0.796. The van der Waals surface area contributed by atoms with Gasteiger partial charge in [0.05, 0.1) is 4.91 Å². The Hall–Kier alpha value is -1.98. The lowest BCUT2D eigenvalue weighted by Gasteiger charge is -2.20. The van der Waals surface area contributed by atoms with Crippen LogP contribution < -0.4 is 0 Å². The van der Waals surface area contributed by atoms with E-state index in [4.69, 9.17) is 0 Å². The lowest BCUT2D eigenvalue weighted by molar-refractivity contribution is -0.123. The van der Waals surface area contributed by atoms with Gasteiger partial charge in [-0.15, -0.1) is 0 Å². The van der Waals surface area contributed by atoms with Gasteiger partial charge in [0.15, 0.2) is 5.17 Å². The van der Waals surface area contributed by atoms with E-state index < -0.39 is 0 Å². The summed E-state index contributed by atoms with van der Waals surface area (Å²) < 4.78 is 0. The Morgan fingerprint density at radius 1 is 1.00 bits per heavy atom. The standard InChI is InChI=1S/C22H24N2OS2/c1-15(2)23-22-24(16(3)4)21(25)20(27-22)14-17-10-8-9-13-19(17)26-18-11-6-5-7-12-18/h5-16H,1-4H3/b20-14-,23-22?.